The highest BCUT2D eigenvalue weighted by atomic mass is 32.1. The number of anilines is 1. The molecule has 0 aliphatic carbocycles. The zero-order chi connectivity index (χ0) is 11.5. The van der Waals surface area contributed by atoms with Crippen molar-refractivity contribution in [3.8, 4) is 5.75 Å². The summed E-state index contributed by atoms with van der Waals surface area (Å²) in [5.74, 6) is 1.83. The molecular weight excluding hydrogens is 222 g/mol. The van der Waals surface area contributed by atoms with Crippen molar-refractivity contribution in [2.75, 3.05) is 12.4 Å². The molecule has 0 spiro atoms. The summed E-state index contributed by atoms with van der Waals surface area (Å²) in [5, 5.41) is 9.64. The van der Waals surface area contributed by atoms with Crippen LogP contribution in [0.2, 0.25) is 0 Å². The van der Waals surface area contributed by atoms with E-state index in [1.165, 1.54) is 4.88 Å². The summed E-state index contributed by atoms with van der Waals surface area (Å²) in [6.07, 6.45) is 0. The van der Waals surface area contributed by atoms with Crippen LogP contribution >= 0.6 is 11.3 Å². The molecule has 5 heteroatoms. The molecule has 16 heavy (non-hydrogen) atoms. The highest BCUT2D eigenvalue weighted by Crippen LogP contribution is 2.25. The van der Waals surface area contributed by atoms with E-state index in [1.807, 2.05) is 36.2 Å². The van der Waals surface area contributed by atoms with E-state index >= 15 is 0 Å². The van der Waals surface area contributed by atoms with Crippen LogP contribution in [0.3, 0.4) is 0 Å². The van der Waals surface area contributed by atoms with E-state index in [0.717, 1.165) is 23.8 Å². The minimum Gasteiger partial charge on any atom is -0.496 e. The van der Waals surface area contributed by atoms with Crippen LogP contribution in [-0.2, 0) is 13.6 Å². The molecule has 0 fully saturated rings. The van der Waals surface area contributed by atoms with E-state index < -0.39 is 0 Å². The molecule has 2 aromatic heterocycles. The molecule has 0 aliphatic heterocycles. The molecule has 2 aromatic rings. The fourth-order valence-electron chi connectivity index (χ4n) is 1.46. The van der Waals surface area contributed by atoms with E-state index in [4.69, 9.17) is 4.74 Å². The third-order valence-corrected chi connectivity index (χ3v) is 3.37. The fraction of sp³-hybridized carbons (Fsp3) is 0.364. The number of hydrogen-bond acceptors (Lipinski definition) is 4. The third-order valence-electron chi connectivity index (χ3n) is 2.47. The maximum atomic E-state index is 5.25. The quantitative estimate of drug-likeness (QED) is 0.887. The van der Waals surface area contributed by atoms with Crippen LogP contribution in [-0.4, -0.2) is 16.9 Å². The summed E-state index contributed by atoms with van der Waals surface area (Å²) < 4.78 is 7.10. The van der Waals surface area contributed by atoms with Gasteiger partial charge in [-0.25, -0.2) is 0 Å². The Labute approximate surface area is 98.9 Å². The first-order valence-electron chi connectivity index (χ1n) is 5.05. The summed E-state index contributed by atoms with van der Waals surface area (Å²) in [6.45, 7) is 2.78. The van der Waals surface area contributed by atoms with Crippen LogP contribution in [0.25, 0.3) is 0 Å². The van der Waals surface area contributed by atoms with E-state index in [0.29, 0.717) is 0 Å². The molecule has 0 bridgehead atoms. The van der Waals surface area contributed by atoms with Gasteiger partial charge in [0.25, 0.3) is 0 Å². The second kappa shape index (κ2) is 4.57. The van der Waals surface area contributed by atoms with Crippen molar-refractivity contribution < 1.29 is 4.74 Å². The predicted molar refractivity (Wildman–Crippen MR) is 66.1 cm³/mol. The van der Waals surface area contributed by atoms with Gasteiger partial charge in [0.15, 0.2) is 0 Å². The molecule has 86 valence electrons. The second-order valence-corrected chi connectivity index (χ2v) is 4.56. The Hall–Kier alpha value is -1.49. The molecule has 0 amide bonds. The normalized spacial score (nSPS) is 10.4. The van der Waals surface area contributed by atoms with Gasteiger partial charge in [0.2, 0.25) is 0 Å². The number of rotatable bonds is 4. The first-order chi connectivity index (χ1) is 7.70. The maximum absolute atomic E-state index is 5.25. The van der Waals surface area contributed by atoms with Crippen LogP contribution in [0, 0.1) is 6.92 Å². The van der Waals surface area contributed by atoms with Crippen LogP contribution in [0.4, 0.5) is 5.82 Å². The van der Waals surface area contributed by atoms with Gasteiger partial charge >= 0.3 is 0 Å². The Balaban J connectivity index is 2.02. The fourth-order valence-corrected chi connectivity index (χ4v) is 2.24. The Morgan fingerprint density at radius 3 is 3.00 bits per heavy atom. The summed E-state index contributed by atoms with van der Waals surface area (Å²) in [6, 6.07) is 4.01. The summed E-state index contributed by atoms with van der Waals surface area (Å²) in [4.78, 5) is 1.19. The molecule has 0 aliphatic rings. The minimum atomic E-state index is 0.747. The first kappa shape index (κ1) is 11.0. The molecule has 2 rings (SSSR count). The maximum Gasteiger partial charge on any atom is 0.148 e. The van der Waals surface area contributed by atoms with Crippen LogP contribution in [0.15, 0.2) is 17.5 Å². The van der Waals surface area contributed by atoms with Gasteiger partial charge in [-0.3, -0.25) is 4.68 Å². The van der Waals surface area contributed by atoms with Gasteiger partial charge in [-0.2, -0.15) is 5.10 Å². The van der Waals surface area contributed by atoms with Gasteiger partial charge in [-0.15, -0.1) is 11.3 Å². The second-order valence-electron chi connectivity index (χ2n) is 3.56. The average Bonchev–Trinajstić information content (AvgIpc) is 2.83. The van der Waals surface area contributed by atoms with Crippen molar-refractivity contribution in [3.63, 3.8) is 0 Å². The topological polar surface area (TPSA) is 39.1 Å². The highest BCUT2D eigenvalue weighted by molar-refractivity contribution is 7.10. The number of aromatic nitrogens is 2. The van der Waals surface area contributed by atoms with E-state index in [2.05, 4.69) is 10.4 Å². The largest absolute Gasteiger partial charge is 0.496 e. The van der Waals surface area contributed by atoms with Crippen LogP contribution in [0.1, 0.15) is 10.6 Å². The lowest BCUT2D eigenvalue weighted by atomic mass is 10.4. The molecule has 0 unspecified atom stereocenters. The molecule has 2 heterocycles. The molecule has 0 saturated carbocycles. The number of thiophene rings is 1. The van der Waals surface area contributed by atoms with Gasteiger partial charge in [0.1, 0.15) is 11.6 Å². The monoisotopic (exact) mass is 237 g/mol. The minimum absolute atomic E-state index is 0.747. The lowest BCUT2D eigenvalue weighted by Crippen LogP contribution is -2.00. The Bertz CT molecular complexity index is 456. The van der Waals surface area contributed by atoms with Gasteiger partial charge in [0, 0.05) is 18.8 Å². The number of hydrogen-bond donors (Lipinski definition) is 1. The molecule has 0 aromatic carbocycles. The third kappa shape index (κ3) is 2.19. The van der Waals surface area contributed by atoms with Crippen molar-refractivity contribution >= 4 is 17.2 Å². The Morgan fingerprint density at radius 2 is 2.38 bits per heavy atom. The standard InChI is InChI=1S/C11H15N3OS/c1-8-6-11(13-14(8)2)12-7-10-9(15-3)4-5-16-10/h4-6H,7H2,1-3H3,(H,12,13). The van der Waals surface area contributed by atoms with Crippen molar-refractivity contribution in [2.24, 2.45) is 7.05 Å². The van der Waals surface area contributed by atoms with E-state index in [1.54, 1.807) is 18.4 Å². The van der Waals surface area contributed by atoms with Crippen LogP contribution < -0.4 is 10.1 Å². The SMILES string of the molecule is COc1ccsc1CNc1cc(C)n(C)n1. The number of ether oxygens (including phenoxy) is 1. The zero-order valence-electron chi connectivity index (χ0n) is 9.65. The van der Waals surface area contributed by atoms with Gasteiger partial charge in [-0.1, -0.05) is 0 Å². The highest BCUT2D eigenvalue weighted by Gasteiger charge is 2.05. The van der Waals surface area contributed by atoms with Crippen LogP contribution in [0.5, 0.6) is 5.75 Å². The van der Waals surface area contributed by atoms with Gasteiger partial charge in [0.05, 0.1) is 18.5 Å². The number of nitrogens with zero attached hydrogens (tertiary/aromatic N) is 2. The molecular formula is C11H15N3OS. The van der Waals surface area contributed by atoms with E-state index in [-0.39, 0.29) is 0 Å². The average molecular weight is 237 g/mol. The Kier molecular flexibility index (Phi) is 3.14. The smallest absolute Gasteiger partial charge is 0.148 e. The zero-order valence-corrected chi connectivity index (χ0v) is 10.5. The molecule has 1 N–H and O–H groups in total. The summed E-state index contributed by atoms with van der Waals surface area (Å²) >= 11 is 1.68. The number of nitrogens with one attached hydrogen (secondary N) is 1. The first-order valence-corrected chi connectivity index (χ1v) is 5.93. The van der Waals surface area contributed by atoms with E-state index in [9.17, 15) is 0 Å². The number of methoxy groups -OCH3 is 1. The molecule has 0 radical (unpaired) electrons. The van der Waals surface area contributed by atoms with Crippen molar-refractivity contribution in [2.45, 2.75) is 13.5 Å². The van der Waals surface area contributed by atoms with Gasteiger partial charge < -0.3 is 10.1 Å². The molecule has 0 atom stereocenters. The lowest BCUT2D eigenvalue weighted by molar-refractivity contribution is 0.413. The summed E-state index contributed by atoms with van der Waals surface area (Å²) in [5.41, 5.74) is 1.14. The summed E-state index contributed by atoms with van der Waals surface area (Å²) in [7, 11) is 3.63. The molecule has 4 nitrogen and oxygen atoms in total. The number of aryl methyl sites for hydroxylation is 2. The Morgan fingerprint density at radius 1 is 1.56 bits per heavy atom. The van der Waals surface area contributed by atoms with Crippen molar-refractivity contribution in [3.05, 3.63) is 28.1 Å². The van der Waals surface area contributed by atoms with Crippen molar-refractivity contribution in [1.29, 1.82) is 0 Å². The van der Waals surface area contributed by atoms with Crippen molar-refractivity contribution in [1.82, 2.24) is 9.78 Å². The predicted octanol–water partition coefficient (Wildman–Crippen LogP) is 2.41. The lowest BCUT2D eigenvalue weighted by Gasteiger charge is -2.03. The van der Waals surface area contributed by atoms with Gasteiger partial charge in [-0.05, 0) is 18.4 Å². The molecule has 0 saturated heterocycles.